The Bertz CT molecular complexity index is 369. The molecule has 0 rings (SSSR count). The number of aliphatic hydroxyl groups excluding tert-OH is 1. The summed E-state index contributed by atoms with van der Waals surface area (Å²) in [5, 5.41) is 8.73. The highest BCUT2D eigenvalue weighted by Crippen LogP contribution is 2.50. The highest BCUT2D eigenvalue weighted by molar-refractivity contribution is 7.57. The zero-order valence-electron chi connectivity index (χ0n) is 12.9. The van der Waals surface area contributed by atoms with Crippen molar-refractivity contribution in [2.24, 2.45) is 0 Å². The van der Waals surface area contributed by atoms with Crippen LogP contribution in [0.25, 0.3) is 0 Å². The Morgan fingerprint density at radius 3 is 2.35 bits per heavy atom. The Morgan fingerprint density at radius 1 is 1.20 bits per heavy atom. The highest BCUT2D eigenvalue weighted by atomic mass is 31.2. The van der Waals surface area contributed by atoms with Crippen LogP contribution in [-0.2, 0) is 13.6 Å². The summed E-state index contributed by atoms with van der Waals surface area (Å²) in [6, 6.07) is 0. The van der Waals surface area contributed by atoms with E-state index in [1.807, 2.05) is 0 Å². The van der Waals surface area contributed by atoms with Gasteiger partial charge in [0.2, 0.25) is 0 Å². The van der Waals surface area contributed by atoms with Crippen molar-refractivity contribution >= 4 is 7.60 Å². The summed E-state index contributed by atoms with van der Waals surface area (Å²) in [5.41, 5.74) is 0.801. The third-order valence-electron chi connectivity index (χ3n) is 2.44. The van der Waals surface area contributed by atoms with Gasteiger partial charge >= 0.3 is 7.60 Å². The van der Waals surface area contributed by atoms with Gasteiger partial charge in [-0.15, -0.1) is 0 Å². The van der Waals surface area contributed by atoms with Gasteiger partial charge in [-0.2, -0.15) is 0 Å². The van der Waals surface area contributed by atoms with Crippen LogP contribution in [0.3, 0.4) is 0 Å². The fourth-order valence-corrected chi connectivity index (χ4v) is 3.05. The van der Waals surface area contributed by atoms with Gasteiger partial charge in [-0.1, -0.05) is 25.2 Å². The van der Waals surface area contributed by atoms with Crippen LogP contribution in [0.15, 0.2) is 11.4 Å². The summed E-state index contributed by atoms with van der Waals surface area (Å²) < 4.78 is 23.0. The first-order valence-electron chi connectivity index (χ1n) is 7.32. The van der Waals surface area contributed by atoms with E-state index in [1.165, 1.54) is 0 Å². The first kappa shape index (κ1) is 19.4. The number of unbranched alkanes of at least 4 members (excludes halogenated alkanes) is 2. The molecular formula is C15H27O4P. The second-order valence-corrected chi connectivity index (χ2v) is 6.12. The first-order chi connectivity index (χ1) is 9.61. The molecule has 0 fully saturated rings. The summed E-state index contributed by atoms with van der Waals surface area (Å²) in [5.74, 6) is 7.58. The summed E-state index contributed by atoms with van der Waals surface area (Å²) in [6.45, 7) is 6.50. The molecule has 0 aromatic heterocycles. The Kier molecular flexibility index (Phi) is 11.8. The molecule has 0 aliphatic rings. The van der Waals surface area contributed by atoms with Crippen LogP contribution in [0.4, 0.5) is 0 Å². The van der Waals surface area contributed by atoms with E-state index in [0.29, 0.717) is 26.1 Å². The van der Waals surface area contributed by atoms with Crippen LogP contribution in [-0.4, -0.2) is 24.9 Å². The van der Waals surface area contributed by atoms with Gasteiger partial charge in [0.1, 0.15) is 0 Å². The molecule has 116 valence electrons. The maximum absolute atomic E-state index is 12.4. The monoisotopic (exact) mass is 302 g/mol. The van der Waals surface area contributed by atoms with Crippen molar-refractivity contribution < 1.29 is 18.7 Å². The molecule has 0 aromatic carbocycles. The number of rotatable bonds is 10. The van der Waals surface area contributed by atoms with Crippen molar-refractivity contribution in [3.8, 4) is 11.8 Å². The molecule has 0 spiro atoms. The van der Waals surface area contributed by atoms with Gasteiger partial charge in [0.15, 0.2) is 0 Å². The highest BCUT2D eigenvalue weighted by Gasteiger charge is 2.20. The SMILES string of the molecule is CCCC/C(C#CCCCO)=C/P(=O)(OCC)OCC. The molecule has 1 N–H and O–H groups in total. The van der Waals surface area contributed by atoms with Gasteiger partial charge < -0.3 is 14.2 Å². The number of hydrogen-bond donors (Lipinski definition) is 1. The molecule has 0 aliphatic heterocycles. The molecule has 0 bridgehead atoms. The molecule has 0 saturated heterocycles. The molecule has 0 radical (unpaired) electrons. The minimum absolute atomic E-state index is 0.138. The molecule has 0 aromatic rings. The van der Waals surface area contributed by atoms with Crippen LogP contribution < -0.4 is 0 Å². The largest absolute Gasteiger partial charge is 0.396 e. The van der Waals surface area contributed by atoms with E-state index < -0.39 is 7.60 Å². The maximum Gasteiger partial charge on any atom is 0.355 e. The lowest BCUT2D eigenvalue weighted by molar-refractivity contribution is 0.228. The summed E-state index contributed by atoms with van der Waals surface area (Å²) in [7, 11) is -3.19. The standard InChI is InChI=1S/C15H27O4P/c1-4-7-11-15(12-9-8-10-13-16)14-20(17,18-5-2)19-6-3/h14,16H,4-8,10-11,13H2,1-3H3/b15-14-. The molecule has 0 aliphatic carbocycles. The zero-order chi connectivity index (χ0) is 15.3. The number of hydrogen-bond acceptors (Lipinski definition) is 4. The minimum atomic E-state index is -3.19. The summed E-state index contributed by atoms with van der Waals surface area (Å²) in [6.07, 6.45) is 4.09. The second-order valence-electron chi connectivity index (χ2n) is 4.26. The lowest BCUT2D eigenvalue weighted by Gasteiger charge is -2.13. The van der Waals surface area contributed by atoms with Crippen LogP contribution in [0.2, 0.25) is 0 Å². The van der Waals surface area contributed by atoms with Gasteiger partial charge in [-0.05, 0) is 33.1 Å². The van der Waals surface area contributed by atoms with Crippen LogP contribution in [0.5, 0.6) is 0 Å². The van der Waals surface area contributed by atoms with E-state index in [-0.39, 0.29) is 6.61 Å². The molecule has 0 atom stereocenters. The van der Waals surface area contributed by atoms with Crippen molar-refractivity contribution in [3.63, 3.8) is 0 Å². The smallest absolute Gasteiger partial charge is 0.355 e. The zero-order valence-corrected chi connectivity index (χ0v) is 13.7. The molecule has 20 heavy (non-hydrogen) atoms. The predicted octanol–water partition coefficient (Wildman–Crippen LogP) is 4.10. The normalized spacial score (nSPS) is 12.1. The van der Waals surface area contributed by atoms with Crippen molar-refractivity contribution in [1.82, 2.24) is 0 Å². The van der Waals surface area contributed by atoms with Crippen LogP contribution >= 0.6 is 7.60 Å². The van der Waals surface area contributed by atoms with Gasteiger partial charge in [-0.25, -0.2) is 0 Å². The van der Waals surface area contributed by atoms with Crippen molar-refractivity contribution in [1.29, 1.82) is 0 Å². The van der Waals surface area contributed by atoms with E-state index >= 15 is 0 Å². The minimum Gasteiger partial charge on any atom is -0.396 e. The Hall–Kier alpha value is -0.590. The summed E-state index contributed by atoms with van der Waals surface area (Å²) in [4.78, 5) is 0. The molecule has 0 heterocycles. The van der Waals surface area contributed by atoms with E-state index in [1.54, 1.807) is 19.7 Å². The van der Waals surface area contributed by atoms with Gasteiger partial charge in [-0.3, -0.25) is 4.57 Å². The third-order valence-corrected chi connectivity index (χ3v) is 4.30. The molecule has 0 saturated carbocycles. The number of aliphatic hydroxyl groups is 1. The van der Waals surface area contributed by atoms with Crippen molar-refractivity contribution in [3.05, 3.63) is 11.4 Å². The Morgan fingerprint density at radius 2 is 1.85 bits per heavy atom. The van der Waals surface area contributed by atoms with Gasteiger partial charge in [0.25, 0.3) is 0 Å². The average molecular weight is 302 g/mol. The Balaban J connectivity index is 4.97. The number of allylic oxidation sites excluding steroid dienone is 1. The van der Waals surface area contributed by atoms with E-state index in [2.05, 4.69) is 18.8 Å². The quantitative estimate of drug-likeness (QED) is 0.375. The molecular weight excluding hydrogens is 275 g/mol. The second kappa shape index (κ2) is 12.2. The van der Waals surface area contributed by atoms with Crippen LogP contribution in [0.1, 0.15) is 52.9 Å². The van der Waals surface area contributed by atoms with Crippen molar-refractivity contribution in [2.45, 2.75) is 52.9 Å². The lowest BCUT2D eigenvalue weighted by atomic mass is 10.1. The van der Waals surface area contributed by atoms with E-state index in [0.717, 1.165) is 24.8 Å². The van der Waals surface area contributed by atoms with Gasteiger partial charge in [0.05, 0.1) is 13.2 Å². The predicted molar refractivity (Wildman–Crippen MR) is 82.6 cm³/mol. The molecule has 4 nitrogen and oxygen atoms in total. The van der Waals surface area contributed by atoms with E-state index in [4.69, 9.17) is 14.2 Å². The average Bonchev–Trinajstić information content (AvgIpc) is 2.41. The fraction of sp³-hybridized carbons (Fsp3) is 0.733. The first-order valence-corrected chi connectivity index (χ1v) is 8.93. The molecule has 5 heteroatoms. The maximum atomic E-state index is 12.4. The molecule has 0 amide bonds. The lowest BCUT2D eigenvalue weighted by Crippen LogP contribution is -1.94. The van der Waals surface area contributed by atoms with Crippen LogP contribution in [0, 0.1) is 11.8 Å². The third kappa shape index (κ3) is 9.34. The summed E-state index contributed by atoms with van der Waals surface area (Å²) >= 11 is 0. The molecule has 0 unspecified atom stereocenters. The van der Waals surface area contributed by atoms with E-state index in [9.17, 15) is 4.57 Å². The fourth-order valence-electron chi connectivity index (χ4n) is 1.53. The Labute approximate surface area is 123 Å². The van der Waals surface area contributed by atoms with Crippen molar-refractivity contribution in [2.75, 3.05) is 19.8 Å². The topological polar surface area (TPSA) is 55.8 Å². The van der Waals surface area contributed by atoms with Gasteiger partial charge in [0, 0.05) is 24.4 Å².